The highest BCUT2D eigenvalue weighted by Gasteiger charge is 2.21. The number of aromatic nitrogens is 2. The number of para-hydroxylation sites is 1. The lowest BCUT2D eigenvalue weighted by atomic mass is 10.0. The minimum atomic E-state index is -1.22. The van der Waals surface area contributed by atoms with E-state index in [0.717, 1.165) is 28.1 Å². The van der Waals surface area contributed by atoms with Gasteiger partial charge in [0.25, 0.3) is 0 Å². The van der Waals surface area contributed by atoms with Crippen LogP contribution in [0.5, 0.6) is 11.5 Å². The van der Waals surface area contributed by atoms with Gasteiger partial charge in [0.1, 0.15) is 11.5 Å². The highest BCUT2D eigenvalue weighted by molar-refractivity contribution is 6.02. The minimum absolute atomic E-state index is 0.0188. The monoisotopic (exact) mass is 504 g/mol. The molecule has 0 fully saturated rings. The quantitative estimate of drug-likeness (QED) is 0.246. The molecule has 0 saturated heterocycles. The Balaban J connectivity index is 1.56. The number of rotatable bonds is 8. The highest BCUT2D eigenvalue weighted by atomic mass is 16.5. The van der Waals surface area contributed by atoms with E-state index in [2.05, 4.69) is 5.10 Å². The summed E-state index contributed by atoms with van der Waals surface area (Å²) in [5.41, 5.74) is 4.13. The maximum absolute atomic E-state index is 12.1. The Bertz CT molecular complexity index is 1580. The van der Waals surface area contributed by atoms with Crippen LogP contribution in [-0.4, -0.2) is 33.9 Å². The Morgan fingerprint density at radius 2 is 1.47 bits per heavy atom. The molecule has 5 aromatic rings. The van der Waals surface area contributed by atoms with Crippen LogP contribution >= 0.6 is 0 Å². The van der Waals surface area contributed by atoms with Crippen LogP contribution in [0.3, 0.4) is 0 Å². The fourth-order valence-electron chi connectivity index (χ4n) is 4.25. The third-order valence-electron chi connectivity index (χ3n) is 6.11. The molecule has 0 aliphatic heterocycles. The molecule has 0 aliphatic carbocycles. The van der Waals surface area contributed by atoms with Crippen molar-refractivity contribution < 1.29 is 24.2 Å². The van der Waals surface area contributed by atoms with Crippen molar-refractivity contribution in [1.29, 1.82) is 0 Å². The number of methoxy groups -OCH3 is 1. The van der Waals surface area contributed by atoms with E-state index in [1.165, 1.54) is 19.2 Å². The molecule has 5 rings (SSSR count). The summed E-state index contributed by atoms with van der Waals surface area (Å²) in [6.45, 7) is 0. The Labute approximate surface area is 219 Å². The second kappa shape index (κ2) is 10.8. The first-order valence-corrected chi connectivity index (χ1v) is 11.9. The molecular weight excluding hydrogens is 480 g/mol. The number of esters is 1. The SMILES string of the molecule is COC(=O)c1ccc(-n2ncc(-c3ccc(Oc4ccccc4)cc3)c2Cc2ccccc2)cc1C(=O)O. The molecule has 0 aliphatic rings. The van der Waals surface area contributed by atoms with Gasteiger partial charge < -0.3 is 14.6 Å². The van der Waals surface area contributed by atoms with Crippen LogP contribution in [0, 0.1) is 0 Å². The standard InChI is InChI=1S/C31H24N2O5/c1-37-31(36)26-17-14-23(19-27(26)30(34)35)33-29(18-21-8-4-2-5-9-21)28(20-32-33)22-12-15-25(16-13-22)38-24-10-6-3-7-11-24/h2-17,19-20H,18H2,1H3,(H,34,35). The lowest BCUT2D eigenvalue weighted by Crippen LogP contribution is -2.12. The summed E-state index contributed by atoms with van der Waals surface area (Å²) < 4.78 is 12.4. The minimum Gasteiger partial charge on any atom is -0.478 e. The molecular formula is C31H24N2O5. The number of carbonyl (C=O) groups is 2. The van der Waals surface area contributed by atoms with Crippen molar-refractivity contribution in [2.24, 2.45) is 0 Å². The van der Waals surface area contributed by atoms with E-state index in [9.17, 15) is 14.7 Å². The van der Waals surface area contributed by atoms with Gasteiger partial charge in [0, 0.05) is 12.0 Å². The molecule has 0 saturated carbocycles. The Morgan fingerprint density at radius 3 is 2.13 bits per heavy atom. The molecule has 0 unspecified atom stereocenters. The second-order valence-corrected chi connectivity index (χ2v) is 8.55. The first kappa shape index (κ1) is 24.5. The number of hydrogen-bond acceptors (Lipinski definition) is 5. The van der Waals surface area contributed by atoms with Crippen LogP contribution in [0.2, 0.25) is 0 Å². The summed E-state index contributed by atoms with van der Waals surface area (Å²) >= 11 is 0. The van der Waals surface area contributed by atoms with E-state index in [4.69, 9.17) is 9.47 Å². The maximum Gasteiger partial charge on any atom is 0.338 e. The molecule has 4 aromatic carbocycles. The average Bonchev–Trinajstić information content (AvgIpc) is 3.37. The van der Waals surface area contributed by atoms with Gasteiger partial charge in [-0.05, 0) is 53.6 Å². The van der Waals surface area contributed by atoms with E-state index in [-0.39, 0.29) is 11.1 Å². The third kappa shape index (κ3) is 5.17. The number of carboxylic acids is 1. The summed E-state index contributed by atoms with van der Waals surface area (Å²) in [6, 6.07) is 31.8. The van der Waals surface area contributed by atoms with E-state index in [0.29, 0.717) is 17.9 Å². The molecule has 0 bridgehead atoms. The molecule has 1 aromatic heterocycles. The molecule has 38 heavy (non-hydrogen) atoms. The van der Waals surface area contributed by atoms with Crippen molar-refractivity contribution in [3.05, 3.63) is 132 Å². The predicted octanol–water partition coefficient (Wildman–Crippen LogP) is 6.41. The largest absolute Gasteiger partial charge is 0.478 e. The molecule has 7 heteroatoms. The van der Waals surface area contributed by atoms with Crippen molar-refractivity contribution >= 4 is 11.9 Å². The number of carbonyl (C=O) groups excluding carboxylic acids is 1. The van der Waals surface area contributed by atoms with Gasteiger partial charge in [-0.15, -0.1) is 0 Å². The van der Waals surface area contributed by atoms with Crippen molar-refractivity contribution in [1.82, 2.24) is 9.78 Å². The van der Waals surface area contributed by atoms with Crippen LogP contribution in [0.25, 0.3) is 16.8 Å². The highest BCUT2D eigenvalue weighted by Crippen LogP contribution is 2.31. The van der Waals surface area contributed by atoms with E-state index < -0.39 is 11.9 Å². The number of aromatic carboxylic acids is 1. The van der Waals surface area contributed by atoms with Gasteiger partial charge in [-0.3, -0.25) is 0 Å². The molecule has 1 heterocycles. The van der Waals surface area contributed by atoms with Crippen molar-refractivity contribution in [3.8, 4) is 28.3 Å². The summed E-state index contributed by atoms with van der Waals surface area (Å²) in [6.07, 6.45) is 2.32. The van der Waals surface area contributed by atoms with Crippen LogP contribution in [0.15, 0.2) is 109 Å². The van der Waals surface area contributed by atoms with Crippen molar-refractivity contribution in [3.63, 3.8) is 0 Å². The Kier molecular flexibility index (Phi) is 6.99. The lowest BCUT2D eigenvalue weighted by Gasteiger charge is -2.13. The van der Waals surface area contributed by atoms with Gasteiger partial charge in [0.05, 0.1) is 35.8 Å². The molecule has 0 amide bonds. The van der Waals surface area contributed by atoms with Crippen molar-refractivity contribution in [2.75, 3.05) is 7.11 Å². The maximum atomic E-state index is 12.1. The zero-order valence-corrected chi connectivity index (χ0v) is 20.6. The molecule has 0 spiro atoms. The number of nitrogens with zero attached hydrogens (tertiary/aromatic N) is 2. The summed E-state index contributed by atoms with van der Waals surface area (Å²) in [5, 5.41) is 14.4. The van der Waals surface area contributed by atoms with Gasteiger partial charge in [-0.2, -0.15) is 5.10 Å². The fourth-order valence-corrected chi connectivity index (χ4v) is 4.25. The van der Waals surface area contributed by atoms with E-state index >= 15 is 0 Å². The zero-order valence-electron chi connectivity index (χ0n) is 20.6. The van der Waals surface area contributed by atoms with Crippen LogP contribution < -0.4 is 4.74 Å². The van der Waals surface area contributed by atoms with Gasteiger partial charge in [0.2, 0.25) is 0 Å². The van der Waals surface area contributed by atoms with Gasteiger partial charge in [0.15, 0.2) is 0 Å². The second-order valence-electron chi connectivity index (χ2n) is 8.55. The molecule has 1 N–H and O–H groups in total. The topological polar surface area (TPSA) is 90.7 Å². The average molecular weight is 505 g/mol. The number of hydrogen-bond donors (Lipinski definition) is 1. The summed E-state index contributed by atoms with van der Waals surface area (Å²) in [4.78, 5) is 24.1. The number of carboxylic acid groups (broad SMARTS) is 1. The van der Waals surface area contributed by atoms with Crippen LogP contribution in [-0.2, 0) is 11.2 Å². The first-order chi connectivity index (χ1) is 18.5. The number of benzene rings is 4. The Morgan fingerprint density at radius 1 is 0.816 bits per heavy atom. The summed E-state index contributed by atoms with van der Waals surface area (Å²) in [7, 11) is 1.22. The Hall–Kier alpha value is -5.17. The molecule has 0 radical (unpaired) electrons. The fraction of sp³-hybridized carbons (Fsp3) is 0.0645. The molecule has 7 nitrogen and oxygen atoms in total. The van der Waals surface area contributed by atoms with E-state index in [1.54, 1.807) is 16.9 Å². The third-order valence-corrected chi connectivity index (χ3v) is 6.11. The smallest absolute Gasteiger partial charge is 0.338 e. The predicted molar refractivity (Wildman–Crippen MR) is 143 cm³/mol. The van der Waals surface area contributed by atoms with Gasteiger partial charge >= 0.3 is 11.9 Å². The zero-order chi connectivity index (χ0) is 26.5. The summed E-state index contributed by atoms with van der Waals surface area (Å²) in [5.74, 6) is -0.473. The van der Waals surface area contributed by atoms with Gasteiger partial charge in [-0.1, -0.05) is 60.7 Å². The number of ether oxygens (including phenoxy) is 2. The first-order valence-electron chi connectivity index (χ1n) is 11.9. The normalized spacial score (nSPS) is 10.7. The van der Waals surface area contributed by atoms with Crippen LogP contribution in [0.1, 0.15) is 32.0 Å². The molecule has 0 atom stereocenters. The van der Waals surface area contributed by atoms with Gasteiger partial charge in [-0.25, -0.2) is 14.3 Å². The van der Waals surface area contributed by atoms with Crippen LogP contribution in [0.4, 0.5) is 0 Å². The van der Waals surface area contributed by atoms with Crippen molar-refractivity contribution in [2.45, 2.75) is 6.42 Å². The lowest BCUT2D eigenvalue weighted by molar-refractivity contribution is 0.0582. The molecule has 188 valence electrons. The van der Waals surface area contributed by atoms with E-state index in [1.807, 2.05) is 84.9 Å².